The van der Waals surface area contributed by atoms with E-state index in [1.807, 2.05) is 18.2 Å². The predicted octanol–water partition coefficient (Wildman–Crippen LogP) is 3.17. The van der Waals surface area contributed by atoms with Crippen molar-refractivity contribution < 1.29 is 9.47 Å². The van der Waals surface area contributed by atoms with E-state index in [-0.39, 0.29) is 23.9 Å². The maximum Gasteiger partial charge on any atom is 0.165 e. The third kappa shape index (κ3) is 3.51. The van der Waals surface area contributed by atoms with Crippen molar-refractivity contribution in [1.29, 1.82) is 0 Å². The molecule has 1 aromatic rings. The van der Waals surface area contributed by atoms with Crippen LogP contribution in [0.5, 0.6) is 11.5 Å². The summed E-state index contributed by atoms with van der Waals surface area (Å²) in [5, 5.41) is 0. The molecule has 3 nitrogen and oxygen atoms in total. The van der Waals surface area contributed by atoms with E-state index in [9.17, 15) is 0 Å². The van der Waals surface area contributed by atoms with Crippen molar-refractivity contribution in [3.8, 4) is 11.5 Å². The van der Waals surface area contributed by atoms with Crippen molar-refractivity contribution in [3.63, 3.8) is 0 Å². The Morgan fingerprint density at radius 1 is 1.12 bits per heavy atom. The molecule has 0 heterocycles. The summed E-state index contributed by atoms with van der Waals surface area (Å²) in [5.41, 5.74) is 7.20. The first-order valence-electron chi connectivity index (χ1n) is 5.38. The van der Waals surface area contributed by atoms with Gasteiger partial charge in [0.05, 0.1) is 14.2 Å². The molecule has 98 valence electrons. The van der Waals surface area contributed by atoms with E-state index < -0.39 is 0 Å². The van der Waals surface area contributed by atoms with Crippen molar-refractivity contribution in [2.45, 2.75) is 26.8 Å². The Labute approximate surface area is 110 Å². The molecule has 4 heteroatoms. The zero-order chi connectivity index (χ0) is 12.3. The Morgan fingerprint density at radius 3 is 2.12 bits per heavy atom. The molecule has 1 atom stereocenters. The van der Waals surface area contributed by atoms with Crippen molar-refractivity contribution in [3.05, 3.63) is 23.8 Å². The van der Waals surface area contributed by atoms with Gasteiger partial charge in [-0.2, -0.15) is 0 Å². The molecule has 0 aliphatic heterocycles. The molecule has 17 heavy (non-hydrogen) atoms. The van der Waals surface area contributed by atoms with E-state index in [1.165, 1.54) is 0 Å². The van der Waals surface area contributed by atoms with E-state index >= 15 is 0 Å². The highest BCUT2D eigenvalue weighted by atomic mass is 35.5. The zero-order valence-electron chi connectivity index (χ0n) is 11.1. The van der Waals surface area contributed by atoms with E-state index in [0.717, 1.165) is 17.1 Å². The summed E-state index contributed by atoms with van der Waals surface area (Å²) < 4.78 is 10.6. The minimum atomic E-state index is -0.0856. The minimum absolute atomic E-state index is 0. The van der Waals surface area contributed by atoms with Crippen molar-refractivity contribution >= 4 is 12.4 Å². The summed E-state index contributed by atoms with van der Waals surface area (Å²) in [6, 6.07) is 5.70. The first-order chi connectivity index (χ1) is 7.41. The third-order valence-electron chi connectivity index (χ3n) is 2.70. The van der Waals surface area contributed by atoms with Crippen molar-refractivity contribution in [2.24, 2.45) is 11.1 Å². The van der Waals surface area contributed by atoms with E-state index in [1.54, 1.807) is 14.2 Å². The van der Waals surface area contributed by atoms with E-state index in [4.69, 9.17) is 15.2 Å². The van der Waals surface area contributed by atoms with Gasteiger partial charge in [0, 0.05) is 11.6 Å². The summed E-state index contributed by atoms with van der Waals surface area (Å²) in [6.45, 7) is 6.32. The molecule has 0 aliphatic carbocycles. The highest BCUT2D eigenvalue weighted by Gasteiger charge is 2.26. The standard InChI is InChI=1S/C13H21NO2.ClH/c1-13(2,3)12(14)9-7-6-8-10(15-4)11(9)16-5;/h6-8,12H,14H2,1-5H3;1H/t12-;/m0./s1. The average Bonchev–Trinajstić information content (AvgIpc) is 2.25. The summed E-state index contributed by atoms with van der Waals surface area (Å²) >= 11 is 0. The SMILES string of the molecule is COc1cccc([C@H](N)C(C)(C)C)c1OC.Cl. The number of ether oxygens (including phenoxy) is 2. The van der Waals surface area contributed by atoms with Gasteiger partial charge in [0.2, 0.25) is 0 Å². The normalized spacial score (nSPS) is 12.6. The van der Waals surface area contributed by atoms with Gasteiger partial charge in [-0.05, 0) is 11.5 Å². The lowest BCUT2D eigenvalue weighted by molar-refractivity contribution is 0.305. The Hall–Kier alpha value is -0.930. The lowest BCUT2D eigenvalue weighted by atomic mass is 9.82. The minimum Gasteiger partial charge on any atom is -0.493 e. The summed E-state index contributed by atoms with van der Waals surface area (Å²) in [6.07, 6.45) is 0. The molecule has 0 spiro atoms. The summed E-state index contributed by atoms with van der Waals surface area (Å²) in [5.74, 6) is 1.45. The van der Waals surface area contributed by atoms with Gasteiger partial charge in [-0.3, -0.25) is 0 Å². The first kappa shape index (κ1) is 16.1. The van der Waals surface area contributed by atoms with Crippen LogP contribution in [-0.2, 0) is 0 Å². The lowest BCUT2D eigenvalue weighted by Gasteiger charge is -2.29. The van der Waals surface area contributed by atoms with Gasteiger partial charge in [0.15, 0.2) is 11.5 Å². The summed E-state index contributed by atoms with van der Waals surface area (Å²) in [4.78, 5) is 0. The molecule has 0 unspecified atom stereocenters. The van der Waals surface area contributed by atoms with Gasteiger partial charge in [0.1, 0.15) is 0 Å². The number of methoxy groups -OCH3 is 2. The molecule has 0 amide bonds. The molecule has 0 fully saturated rings. The molecule has 2 N–H and O–H groups in total. The number of nitrogens with two attached hydrogens (primary N) is 1. The van der Waals surface area contributed by atoms with E-state index in [0.29, 0.717) is 0 Å². The molecular formula is C13H22ClNO2. The molecule has 0 bridgehead atoms. The highest BCUT2D eigenvalue weighted by Crippen LogP contribution is 2.39. The van der Waals surface area contributed by atoms with Crippen LogP contribution >= 0.6 is 12.4 Å². The van der Waals surface area contributed by atoms with E-state index in [2.05, 4.69) is 20.8 Å². The molecule has 0 aliphatic rings. The molecule has 1 rings (SSSR count). The molecule has 1 aromatic carbocycles. The second kappa shape index (κ2) is 6.12. The van der Waals surface area contributed by atoms with Gasteiger partial charge < -0.3 is 15.2 Å². The number of hydrogen-bond acceptors (Lipinski definition) is 3. The topological polar surface area (TPSA) is 44.5 Å². The van der Waals surface area contributed by atoms with Gasteiger partial charge in [-0.15, -0.1) is 12.4 Å². The fraction of sp³-hybridized carbons (Fsp3) is 0.538. The fourth-order valence-electron chi connectivity index (χ4n) is 1.62. The number of halogens is 1. The van der Waals surface area contributed by atoms with Crippen LogP contribution in [0.2, 0.25) is 0 Å². The van der Waals surface area contributed by atoms with Gasteiger partial charge in [0.25, 0.3) is 0 Å². The maximum absolute atomic E-state index is 6.24. The van der Waals surface area contributed by atoms with Crippen LogP contribution < -0.4 is 15.2 Å². The first-order valence-corrected chi connectivity index (χ1v) is 5.38. The Bertz CT molecular complexity index is 361. The summed E-state index contributed by atoms with van der Waals surface area (Å²) in [7, 11) is 3.26. The molecule has 0 aromatic heterocycles. The highest BCUT2D eigenvalue weighted by molar-refractivity contribution is 5.85. The third-order valence-corrected chi connectivity index (χ3v) is 2.70. The zero-order valence-corrected chi connectivity index (χ0v) is 11.9. The fourth-order valence-corrected chi connectivity index (χ4v) is 1.62. The van der Waals surface area contributed by atoms with Crippen LogP contribution in [0.1, 0.15) is 32.4 Å². The van der Waals surface area contributed by atoms with Crippen LogP contribution in [0.4, 0.5) is 0 Å². The van der Waals surface area contributed by atoms with Crippen LogP contribution in [0.3, 0.4) is 0 Å². The van der Waals surface area contributed by atoms with Gasteiger partial charge in [-0.1, -0.05) is 32.9 Å². The monoisotopic (exact) mass is 259 g/mol. The average molecular weight is 260 g/mol. The predicted molar refractivity (Wildman–Crippen MR) is 73.2 cm³/mol. The van der Waals surface area contributed by atoms with Crippen LogP contribution in [0.25, 0.3) is 0 Å². The molecule has 0 radical (unpaired) electrons. The second-order valence-corrected chi connectivity index (χ2v) is 4.93. The van der Waals surface area contributed by atoms with Crippen LogP contribution in [0, 0.1) is 5.41 Å². The van der Waals surface area contributed by atoms with Crippen LogP contribution in [0.15, 0.2) is 18.2 Å². The number of hydrogen-bond donors (Lipinski definition) is 1. The number of rotatable bonds is 3. The Morgan fingerprint density at radius 2 is 1.71 bits per heavy atom. The smallest absolute Gasteiger partial charge is 0.165 e. The number of para-hydroxylation sites is 1. The number of benzene rings is 1. The Kier molecular flexibility index (Phi) is 5.79. The quantitative estimate of drug-likeness (QED) is 0.907. The largest absolute Gasteiger partial charge is 0.493 e. The van der Waals surface area contributed by atoms with Crippen molar-refractivity contribution in [2.75, 3.05) is 14.2 Å². The Balaban J connectivity index is 0.00000256. The second-order valence-electron chi connectivity index (χ2n) is 4.93. The van der Waals surface area contributed by atoms with Gasteiger partial charge >= 0.3 is 0 Å². The lowest BCUT2D eigenvalue weighted by Crippen LogP contribution is -2.26. The van der Waals surface area contributed by atoms with Crippen molar-refractivity contribution in [1.82, 2.24) is 0 Å². The maximum atomic E-state index is 6.24. The van der Waals surface area contributed by atoms with Crippen LogP contribution in [-0.4, -0.2) is 14.2 Å². The molecular weight excluding hydrogens is 238 g/mol. The molecule has 0 saturated carbocycles. The van der Waals surface area contributed by atoms with Gasteiger partial charge in [-0.25, -0.2) is 0 Å². The molecule has 0 saturated heterocycles.